The van der Waals surface area contributed by atoms with E-state index in [4.69, 9.17) is 9.47 Å². The van der Waals surface area contributed by atoms with Gasteiger partial charge in [0.2, 0.25) is 11.8 Å². The van der Waals surface area contributed by atoms with Crippen LogP contribution in [0.1, 0.15) is 20.8 Å². The van der Waals surface area contributed by atoms with Crippen LogP contribution in [0.15, 0.2) is 24.3 Å². The van der Waals surface area contributed by atoms with E-state index in [9.17, 15) is 14.4 Å². The third kappa shape index (κ3) is 8.14. The fraction of sp³-hybridized carbons (Fsp3) is 0.438. The number of hydrogen-bond acceptors (Lipinski definition) is 5. The van der Waals surface area contributed by atoms with Crippen molar-refractivity contribution in [3.63, 3.8) is 0 Å². The van der Waals surface area contributed by atoms with Gasteiger partial charge in [0, 0.05) is 18.5 Å². The molecule has 0 saturated heterocycles. The Balaban J connectivity index is 2.42. The van der Waals surface area contributed by atoms with E-state index < -0.39 is 17.6 Å². The summed E-state index contributed by atoms with van der Waals surface area (Å²) in [6, 6.07) is 6.55. The van der Waals surface area contributed by atoms with Crippen LogP contribution in [-0.2, 0) is 19.1 Å². The molecule has 8 heteroatoms. The lowest BCUT2D eigenvalue weighted by molar-refractivity contribution is -0.119. The Labute approximate surface area is 140 Å². The van der Waals surface area contributed by atoms with Crippen LogP contribution in [0.25, 0.3) is 0 Å². The summed E-state index contributed by atoms with van der Waals surface area (Å²) in [5.41, 5.74) is 0.501. The first-order chi connectivity index (χ1) is 11.2. The van der Waals surface area contributed by atoms with Crippen LogP contribution in [0.3, 0.4) is 0 Å². The summed E-state index contributed by atoms with van der Waals surface area (Å²) in [5.74, 6) is -0.659. The Morgan fingerprint density at radius 2 is 1.46 bits per heavy atom. The van der Waals surface area contributed by atoms with E-state index in [1.165, 1.54) is 7.11 Å². The highest BCUT2D eigenvalue weighted by molar-refractivity contribution is 5.95. The van der Waals surface area contributed by atoms with Gasteiger partial charge in [0.1, 0.15) is 18.8 Å². The average Bonchev–Trinajstić information content (AvgIpc) is 2.46. The van der Waals surface area contributed by atoms with Gasteiger partial charge in [-0.3, -0.25) is 9.59 Å². The molecule has 24 heavy (non-hydrogen) atoms. The number of anilines is 2. The summed E-state index contributed by atoms with van der Waals surface area (Å²) in [6.45, 7) is 4.97. The molecule has 0 radical (unpaired) electrons. The van der Waals surface area contributed by atoms with Crippen molar-refractivity contribution in [1.29, 1.82) is 0 Å². The molecule has 1 aromatic carbocycles. The second-order valence-corrected chi connectivity index (χ2v) is 5.96. The van der Waals surface area contributed by atoms with Crippen LogP contribution < -0.4 is 16.0 Å². The van der Waals surface area contributed by atoms with Crippen molar-refractivity contribution in [3.8, 4) is 0 Å². The van der Waals surface area contributed by atoms with Gasteiger partial charge >= 0.3 is 6.09 Å². The second kappa shape index (κ2) is 8.88. The lowest BCUT2D eigenvalue weighted by Crippen LogP contribution is -2.37. The van der Waals surface area contributed by atoms with Crippen LogP contribution in [-0.4, -0.2) is 43.8 Å². The topological polar surface area (TPSA) is 106 Å². The van der Waals surface area contributed by atoms with Crippen molar-refractivity contribution in [1.82, 2.24) is 5.32 Å². The monoisotopic (exact) mass is 337 g/mol. The Kier molecular flexibility index (Phi) is 7.19. The smallest absolute Gasteiger partial charge is 0.408 e. The number of carbonyl (C=O) groups is 3. The lowest BCUT2D eigenvalue weighted by atomic mass is 10.2. The number of alkyl carbamates (subject to hydrolysis) is 1. The maximum absolute atomic E-state index is 11.8. The third-order valence-corrected chi connectivity index (χ3v) is 2.52. The summed E-state index contributed by atoms with van der Waals surface area (Å²) in [4.78, 5) is 34.6. The zero-order valence-corrected chi connectivity index (χ0v) is 14.3. The first kappa shape index (κ1) is 19.4. The number of hydrogen-bond donors (Lipinski definition) is 3. The second-order valence-electron chi connectivity index (χ2n) is 5.96. The molecule has 0 atom stereocenters. The van der Waals surface area contributed by atoms with Crippen LogP contribution in [0.5, 0.6) is 0 Å². The average molecular weight is 337 g/mol. The van der Waals surface area contributed by atoms with E-state index in [1.54, 1.807) is 45.0 Å². The zero-order valence-electron chi connectivity index (χ0n) is 14.3. The van der Waals surface area contributed by atoms with Crippen molar-refractivity contribution in [3.05, 3.63) is 24.3 Å². The van der Waals surface area contributed by atoms with Gasteiger partial charge in [-0.25, -0.2) is 4.79 Å². The number of amides is 3. The molecule has 1 aromatic rings. The van der Waals surface area contributed by atoms with Crippen LogP contribution in [0.4, 0.5) is 16.2 Å². The number of ether oxygens (including phenoxy) is 2. The minimum absolute atomic E-state index is 0.0329. The molecule has 0 aliphatic heterocycles. The van der Waals surface area contributed by atoms with Gasteiger partial charge in [-0.2, -0.15) is 0 Å². The molecule has 0 aliphatic carbocycles. The number of nitrogens with one attached hydrogen (secondary N) is 3. The highest BCUT2D eigenvalue weighted by atomic mass is 16.6. The summed E-state index contributed by atoms with van der Waals surface area (Å²) < 4.78 is 9.75. The van der Waals surface area contributed by atoms with Gasteiger partial charge in [-0.05, 0) is 45.0 Å². The first-order valence-corrected chi connectivity index (χ1v) is 7.35. The van der Waals surface area contributed by atoms with E-state index in [0.717, 1.165) is 0 Å². The molecule has 0 aliphatic rings. The number of benzene rings is 1. The fourth-order valence-corrected chi connectivity index (χ4v) is 1.64. The highest BCUT2D eigenvalue weighted by Crippen LogP contribution is 2.13. The van der Waals surface area contributed by atoms with E-state index in [-0.39, 0.29) is 19.1 Å². The SMILES string of the molecule is COCC(=O)Nc1ccc(NC(=O)CNC(=O)OC(C)(C)C)cc1. The van der Waals surface area contributed by atoms with E-state index in [0.29, 0.717) is 11.4 Å². The summed E-state index contributed by atoms with van der Waals surface area (Å²) in [5, 5.41) is 7.62. The molecule has 132 valence electrons. The highest BCUT2D eigenvalue weighted by Gasteiger charge is 2.16. The Hall–Kier alpha value is -2.61. The van der Waals surface area contributed by atoms with Crippen molar-refractivity contribution in [2.24, 2.45) is 0 Å². The molecular formula is C16H23N3O5. The molecule has 3 N–H and O–H groups in total. The molecule has 0 heterocycles. The van der Waals surface area contributed by atoms with Gasteiger partial charge < -0.3 is 25.4 Å². The number of carbonyl (C=O) groups excluding carboxylic acids is 3. The number of methoxy groups -OCH3 is 1. The van der Waals surface area contributed by atoms with Crippen molar-refractivity contribution in [2.45, 2.75) is 26.4 Å². The maximum atomic E-state index is 11.8. The van der Waals surface area contributed by atoms with Gasteiger partial charge in [0.25, 0.3) is 0 Å². The zero-order chi connectivity index (χ0) is 18.2. The molecule has 0 unspecified atom stereocenters. The largest absolute Gasteiger partial charge is 0.444 e. The molecule has 0 spiro atoms. The van der Waals surface area contributed by atoms with Gasteiger partial charge in [0.05, 0.1) is 0 Å². The summed E-state index contributed by atoms with van der Waals surface area (Å²) in [6.07, 6.45) is -0.658. The molecule has 0 aromatic heterocycles. The Bertz CT molecular complexity index is 578. The number of rotatable bonds is 6. The van der Waals surface area contributed by atoms with E-state index >= 15 is 0 Å². The molecule has 1 rings (SSSR count). The van der Waals surface area contributed by atoms with Crippen LogP contribution in [0.2, 0.25) is 0 Å². The first-order valence-electron chi connectivity index (χ1n) is 7.35. The van der Waals surface area contributed by atoms with Crippen LogP contribution >= 0.6 is 0 Å². The third-order valence-electron chi connectivity index (χ3n) is 2.52. The standard InChI is InChI=1S/C16H23N3O5/c1-16(2,3)24-15(22)17-9-13(20)18-11-5-7-12(8-6-11)19-14(21)10-23-4/h5-8H,9-10H2,1-4H3,(H,17,22)(H,18,20)(H,19,21). The molecule has 0 saturated carbocycles. The molecular weight excluding hydrogens is 314 g/mol. The van der Waals surface area contributed by atoms with Gasteiger partial charge in [0.15, 0.2) is 0 Å². The maximum Gasteiger partial charge on any atom is 0.408 e. The Morgan fingerprint density at radius 1 is 0.958 bits per heavy atom. The predicted octanol–water partition coefficient (Wildman–Crippen LogP) is 1.73. The van der Waals surface area contributed by atoms with Crippen LogP contribution in [0, 0.1) is 0 Å². The van der Waals surface area contributed by atoms with E-state index in [1.807, 2.05) is 0 Å². The van der Waals surface area contributed by atoms with Gasteiger partial charge in [-0.1, -0.05) is 0 Å². The molecule has 3 amide bonds. The quantitative estimate of drug-likeness (QED) is 0.733. The summed E-state index contributed by atoms with van der Waals surface area (Å²) in [7, 11) is 1.43. The predicted molar refractivity (Wildman–Crippen MR) is 89.8 cm³/mol. The van der Waals surface area contributed by atoms with Gasteiger partial charge in [-0.15, -0.1) is 0 Å². The van der Waals surface area contributed by atoms with E-state index in [2.05, 4.69) is 16.0 Å². The molecule has 0 fully saturated rings. The van der Waals surface area contributed by atoms with Crippen molar-refractivity contribution < 1.29 is 23.9 Å². The summed E-state index contributed by atoms with van der Waals surface area (Å²) >= 11 is 0. The molecule has 0 bridgehead atoms. The van der Waals surface area contributed by atoms with Crippen molar-refractivity contribution >= 4 is 29.3 Å². The minimum atomic E-state index is -0.658. The normalized spacial score (nSPS) is 10.7. The fourth-order valence-electron chi connectivity index (χ4n) is 1.64. The minimum Gasteiger partial charge on any atom is -0.444 e. The lowest BCUT2D eigenvalue weighted by Gasteiger charge is -2.19. The van der Waals surface area contributed by atoms with Crippen molar-refractivity contribution in [2.75, 3.05) is 30.9 Å². The molecule has 8 nitrogen and oxygen atoms in total. The Morgan fingerprint density at radius 3 is 1.92 bits per heavy atom.